The number of nitrogens with one attached hydrogen (secondary N) is 1. The number of nitrogens with two attached hydrogens (primary N) is 1. The number of nitrogen functional groups attached to an aromatic ring is 1. The quantitative estimate of drug-likeness (QED) is 0.210. The minimum atomic E-state index is -0.470. The number of amides is 3. The standard InChI is InChI=1S/C33H27FN6O3S.2ClH/c34-26-6-1-23(2-7-26)32(43)40(19-30(41)37-27-8-3-22(4-9-27)29-20-44-33(35)38-29)28-10-5-21-13-16-39(18-25(21)17-28)31(42)24-11-14-36-15-12-24;;/h1-12,14-15,17,20H,13,16,18-19H2,(H2,35,38)(H,37,41);2*1H. The van der Waals surface area contributed by atoms with Gasteiger partial charge >= 0.3 is 0 Å². The Labute approximate surface area is 281 Å². The SMILES string of the molecule is Cl.Cl.Nc1nc(-c2ccc(NC(=O)CN(C(=O)c3ccc(F)cc3)c3ccc4c(c3)CN(C(=O)c3ccncc3)CC4)cc2)cs1. The van der Waals surface area contributed by atoms with E-state index in [-0.39, 0.29) is 42.8 Å². The minimum absolute atomic E-state index is 0. The summed E-state index contributed by atoms with van der Waals surface area (Å²) in [7, 11) is 0. The van der Waals surface area contributed by atoms with E-state index in [1.54, 1.807) is 47.6 Å². The highest BCUT2D eigenvalue weighted by Crippen LogP contribution is 2.28. The third kappa shape index (κ3) is 7.68. The first-order valence-electron chi connectivity index (χ1n) is 13.8. The van der Waals surface area contributed by atoms with Gasteiger partial charge in [0.05, 0.1) is 5.69 Å². The number of rotatable bonds is 7. The lowest BCUT2D eigenvalue weighted by Gasteiger charge is -2.30. The van der Waals surface area contributed by atoms with Crippen LogP contribution >= 0.6 is 36.2 Å². The number of hydrogen-bond donors (Lipinski definition) is 2. The molecular weight excluding hydrogens is 650 g/mol. The Bertz CT molecular complexity index is 1840. The summed E-state index contributed by atoms with van der Waals surface area (Å²) in [6.07, 6.45) is 3.82. The van der Waals surface area contributed by atoms with Crippen molar-refractivity contribution >= 4 is 70.4 Å². The maximum absolute atomic E-state index is 13.7. The fourth-order valence-electron chi connectivity index (χ4n) is 5.08. The van der Waals surface area contributed by atoms with Gasteiger partial charge in [-0.05, 0) is 78.2 Å². The second-order valence-corrected chi connectivity index (χ2v) is 11.1. The average molecular weight is 680 g/mol. The number of aromatic nitrogens is 2. The van der Waals surface area contributed by atoms with Crippen molar-refractivity contribution in [3.8, 4) is 11.3 Å². The molecule has 3 N–H and O–H groups in total. The Morgan fingerprint density at radius 3 is 2.30 bits per heavy atom. The molecule has 3 heterocycles. The maximum atomic E-state index is 13.7. The molecule has 5 aromatic rings. The van der Waals surface area contributed by atoms with E-state index in [2.05, 4.69) is 15.3 Å². The number of thiazole rings is 1. The summed E-state index contributed by atoms with van der Waals surface area (Å²) in [5.41, 5.74) is 11.1. The molecule has 6 rings (SSSR count). The summed E-state index contributed by atoms with van der Waals surface area (Å²) in [5, 5.41) is 5.18. The van der Waals surface area contributed by atoms with Gasteiger partial charge in [-0.1, -0.05) is 18.2 Å². The monoisotopic (exact) mass is 678 g/mol. The molecule has 0 radical (unpaired) electrons. The lowest BCUT2D eigenvalue weighted by molar-refractivity contribution is -0.114. The van der Waals surface area contributed by atoms with Crippen molar-refractivity contribution in [3.63, 3.8) is 0 Å². The van der Waals surface area contributed by atoms with Crippen LogP contribution < -0.4 is 16.0 Å². The molecule has 46 heavy (non-hydrogen) atoms. The van der Waals surface area contributed by atoms with Crippen LogP contribution in [-0.4, -0.2) is 45.7 Å². The molecule has 13 heteroatoms. The lowest BCUT2D eigenvalue weighted by atomic mass is 9.98. The first-order chi connectivity index (χ1) is 21.3. The van der Waals surface area contributed by atoms with E-state index in [4.69, 9.17) is 5.73 Å². The predicted molar refractivity (Wildman–Crippen MR) is 182 cm³/mol. The van der Waals surface area contributed by atoms with Crippen LogP contribution in [0.2, 0.25) is 0 Å². The molecule has 0 saturated heterocycles. The highest BCUT2D eigenvalue weighted by molar-refractivity contribution is 7.13. The first-order valence-corrected chi connectivity index (χ1v) is 14.7. The van der Waals surface area contributed by atoms with Crippen LogP contribution in [0.25, 0.3) is 11.3 Å². The van der Waals surface area contributed by atoms with E-state index in [9.17, 15) is 18.8 Å². The third-order valence-electron chi connectivity index (χ3n) is 7.35. The second kappa shape index (κ2) is 15.0. The molecule has 3 amide bonds. The highest BCUT2D eigenvalue weighted by atomic mass is 35.5. The number of hydrogen-bond acceptors (Lipinski definition) is 7. The van der Waals surface area contributed by atoms with Crippen LogP contribution in [0.15, 0.2) is 96.6 Å². The Kier molecular flexibility index (Phi) is 11.1. The van der Waals surface area contributed by atoms with Crippen LogP contribution in [0, 0.1) is 5.82 Å². The molecule has 3 aromatic carbocycles. The van der Waals surface area contributed by atoms with Crippen molar-refractivity contribution in [2.24, 2.45) is 0 Å². The predicted octanol–water partition coefficient (Wildman–Crippen LogP) is 6.25. The number of carbonyl (C=O) groups excluding carboxylic acids is 3. The van der Waals surface area contributed by atoms with Gasteiger partial charge in [0.2, 0.25) is 5.91 Å². The fourth-order valence-corrected chi connectivity index (χ4v) is 5.65. The zero-order chi connectivity index (χ0) is 30.6. The Hall–Kier alpha value is -4.84. The summed E-state index contributed by atoms with van der Waals surface area (Å²) in [4.78, 5) is 51.5. The summed E-state index contributed by atoms with van der Waals surface area (Å²) >= 11 is 1.35. The van der Waals surface area contributed by atoms with Gasteiger partial charge in [-0.25, -0.2) is 9.37 Å². The molecule has 0 saturated carbocycles. The van der Waals surface area contributed by atoms with E-state index in [0.29, 0.717) is 41.6 Å². The molecule has 0 aliphatic carbocycles. The number of fused-ring (bicyclic) bond motifs is 1. The van der Waals surface area contributed by atoms with E-state index >= 15 is 0 Å². The van der Waals surface area contributed by atoms with Crippen molar-refractivity contribution in [2.75, 3.05) is 29.0 Å². The van der Waals surface area contributed by atoms with E-state index in [0.717, 1.165) is 22.4 Å². The fraction of sp³-hybridized carbons (Fsp3) is 0.121. The summed E-state index contributed by atoms with van der Waals surface area (Å²) < 4.78 is 13.6. The molecule has 1 aliphatic rings. The van der Waals surface area contributed by atoms with Crippen LogP contribution in [0.5, 0.6) is 0 Å². The molecule has 9 nitrogen and oxygen atoms in total. The topological polar surface area (TPSA) is 122 Å². The van der Waals surface area contributed by atoms with Gasteiger partial charge in [0.15, 0.2) is 5.13 Å². The minimum Gasteiger partial charge on any atom is -0.375 e. The zero-order valence-electron chi connectivity index (χ0n) is 24.3. The Morgan fingerprint density at radius 2 is 1.63 bits per heavy atom. The molecule has 2 aromatic heterocycles. The number of benzene rings is 3. The highest BCUT2D eigenvalue weighted by Gasteiger charge is 2.26. The smallest absolute Gasteiger partial charge is 0.258 e. The second-order valence-electron chi connectivity index (χ2n) is 10.3. The maximum Gasteiger partial charge on any atom is 0.258 e. The molecule has 0 atom stereocenters. The Morgan fingerprint density at radius 1 is 0.913 bits per heavy atom. The van der Waals surface area contributed by atoms with Gasteiger partial charge in [-0.15, -0.1) is 36.2 Å². The molecular formula is C33H29Cl2FN6O3S. The van der Waals surface area contributed by atoms with Crippen molar-refractivity contribution in [3.05, 3.63) is 125 Å². The van der Waals surface area contributed by atoms with Crippen LogP contribution in [0.3, 0.4) is 0 Å². The van der Waals surface area contributed by atoms with Gasteiger partial charge in [-0.2, -0.15) is 0 Å². The number of anilines is 3. The summed E-state index contributed by atoms with van der Waals surface area (Å²) in [5.74, 6) is -1.45. The van der Waals surface area contributed by atoms with Crippen LogP contribution in [0.1, 0.15) is 31.8 Å². The van der Waals surface area contributed by atoms with Crippen LogP contribution in [-0.2, 0) is 17.8 Å². The first kappa shape index (κ1) is 34.0. The van der Waals surface area contributed by atoms with Crippen molar-refractivity contribution in [1.82, 2.24) is 14.9 Å². The number of carbonyl (C=O) groups is 3. The lowest BCUT2D eigenvalue weighted by Crippen LogP contribution is -2.39. The number of halogens is 3. The van der Waals surface area contributed by atoms with Crippen molar-refractivity contribution < 1.29 is 18.8 Å². The van der Waals surface area contributed by atoms with E-state index in [1.165, 1.54) is 40.5 Å². The van der Waals surface area contributed by atoms with Crippen molar-refractivity contribution in [1.29, 1.82) is 0 Å². The average Bonchev–Trinajstić information content (AvgIpc) is 3.49. The van der Waals surface area contributed by atoms with Crippen molar-refractivity contribution in [2.45, 2.75) is 13.0 Å². The van der Waals surface area contributed by atoms with Gasteiger partial charge < -0.3 is 16.0 Å². The number of nitrogens with zero attached hydrogens (tertiary/aromatic N) is 4. The van der Waals surface area contributed by atoms with Gasteiger partial charge in [0.25, 0.3) is 11.8 Å². The van der Waals surface area contributed by atoms with Gasteiger partial charge in [0, 0.05) is 58.9 Å². The molecule has 0 bridgehead atoms. The van der Waals surface area contributed by atoms with Gasteiger partial charge in [-0.3, -0.25) is 24.3 Å². The summed E-state index contributed by atoms with van der Waals surface area (Å²) in [6, 6.07) is 21.3. The van der Waals surface area contributed by atoms with Gasteiger partial charge in [0.1, 0.15) is 12.4 Å². The summed E-state index contributed by atoms with van der Waals surface area (Å²) in [6.45, 7) is 0.619. The third-order valence-corrected chi connectivity index (χ3v) is 8.03. The molecule has 0 unspecified atom stereocenters. The molecule has 1 aliphatic heterocycles. The Balaban J connectivity index is 0.00000240. The molecule has 0 spiro atoms. The largest absolute Gasteiger partial charge is 0.375 e. The van der Waals surface area contributed by atoms with E-state index < -0.39 is 17.6 Å². The number of pyridine rings is 1. The zero-order valence-corrected chi connectivity index (χ0v) is 26.7. The molecule has 0 fully saturated rings. The van der Waals surface area contributed by atoms with Crippen LogP contribution in [0.4, 0.5) is 20.9 Å². The molecule has 236 valence electrons. The normalized spacial score (nSPS) is 11.8. The van der Waals surface area contributed by atoms with E-state index in [1.807, 2.05) is 29.6 Å².